The van der Waals surface area contributed by atoms with E-state index in [1.165, 1.54) is 4.72 Å². The first-order valence-electron chi connectivity index (χ1n) is 5.39. The largest absolute Gasteiger partial charge is 0.516 e. The molecule has 0 atom stereocenters. The summed E-state index contributed by atoms with van der Waals surface area (Å²) in [7, 11) is -5.56. The first kappa shape index (κ1) is 17.4. The van der Waals surface area contributed by atoms with Crippen molar-refractivity contribution in [3.8, 4) is 0 Å². The summed E-state index contributed by atoms with van der Waals surface area (Å²) >= 11 is 5.73. The van der Waals surface area contributed by atoms with Crippen LogP contribution < -0.4 is 10.0 Å². The van der Waals surface area contributed by atoms with Crippen LogP contribution in [-0.2, 0) is 14.8 Å². The molecule has 118 valence electrons. The van der Waals surface area contributed by atoms with Gasteiger partial charge in [-0.3, -0.25) is 10.0 Å². The van der Waals surface area contributed by atoms with E-state index < -0.39 is 27.3 Å². The van der Waals surface area contributed by atoms with Crippen LogP contribution in [0, 0.1) is 0 Å². The van der Waals surface area contributed by atoms with Crippen molar-refractivity contribution in [3.05, 3.63) is 23.2 Å². The van der Waals surface area contributed by atoms with Crippen LogP contribution in [0.5, 0.6) is 0 Å². The smallest absolute Gasteiger partial charge is 0.450 e. The second-order valence-corrected chi connectivity index (χ2v) is 5.67. The highest BCUT2D eigenvalue weighted by Crippen LogP contribution is 2.29. The number of rotatable bonds is 4. The number of anilines is 2. The molecule has 0 spiro atoms. The van der Waals surface area contributed by atoms with Crippen molar-refractivity contribution >= 4 is 39.1 Å². The normalized spacial score (nSPS) is 11.9. The SMILES string of the molecule is CCOC(=O)Nc1cc(NS(=O)(=O)C(F)(F)F)ccc1Cl. The van der Waals surface area contributed by atoms with Gasteiger partial charge in [-0.25, -0.2) is 4.79 Å². The minimum Gasteiger partial charge on any atom is -0.450 e. The fourth-order valence-electron chi connectivity index (χ4n) is 1.17. The third-order valence-electron chi connectivity index (χ3n) is 2.04. The molecule has 0 aromatic heterocycles. The molecule has 0 aliphatic carbocycles. The van der Waals surface area contributed by atoms with E-state index in [2.05, 4.69) is 10.1 Å². The van der Waals surface area contributed by atoms with Crippen LogP contribution in [-0.4, -0.2) is 26.6 Å². The average molecular weight is 347 g/mol. The van der Waals surface area contributed by atoms with Gasteiger partial charge >= 0.3 is 21.6 Å². The second-order valence-electron chi connectivity index (χ2n) is 3.59. The fourth-order valence-corrected chi connectivity index (χ4v) is 1.89. The number of carbonyl (C=O) groups excluding carboxylic acids is 1. The topological polar surface area (TPSA) is 84.5 Å². The van der Waals surface area contributed by atoms with Crippen molar-refractivity contribution in [2.45, 2.75) is 12.4 Å². The van der Waals surface area contributed by atoms with Crippen molar-refractivity contribution in [1.82, 2.24) is 0 Å². The Morgan fingerprint density at radius 1 is 1.38 bits per heavy atom. The molecule has 0 aliphatic rings. The highest BCUT2D eigenvalue weighted by atomic mass is 35.5. The molecule has 21 heavy (non-hydrogen) atoms. The van der Waals surface area contributed by atoms with Crippen molar-refractivity contribution in [3.63, 3.8) is 0 Å². The number of hydrogen-bond acceptors (Lipinski definition) is 4. The summed E-state index contributed by atoms with van der Waals surface area (Å²) < 4.78 is 64.5. The van der Waals surface area contributed by atoms with E-state index in [4.69, 9.17) is 11.6 Å². The summed E-state index contributed by atoms with van der Waals surface area (Å²) in [6.07, 6.45) is -0.879. The number of alkyl halides is 3. The fraction of sp³-hybridized carbons (Fsp3) is 0.300. The van der Waals surface area contributed by atoms with Gasteiger partial charge in [-0.1, -0.05) is 11.6 Å². The number of nitrogens with one attached hydrogen (secondary N) is 2. The molecule has 0 fully saturated rings. The molecule has 0 aliphatic heterocycles. The molecule has 11 heteroatoms. The number of sulfonamides is 1. The van der Waals surface area contributed by atoms with Crippen molar-refractivity contribution in [1.29, 1.82) is 0 Å². The molecule has 6 nitrogen and oxygen atoms in total. The maximum absolute atomic E-state index is 12.2. The average Bonchev–Trinajstić information content (AvgIpc) is 2.32. The standard InChI is InChI=1S/C10H10ClF3N2O4S/c1-2-20-9(17)15-8-5-6(3-4-7(8)11)16-21(18,19)10(12,13)14/h3-5,16H,2H2,1H3,(H,15,17). The van der Waals surface area contributed by atoms with Gasteiger partial charge in [0.15, 0.2) is 0 Å². The van der Waals surface area contributed by atoms with Crippen LogP contribution in [0.25, 0.3) is 0 Å². The van der Waals surface area contributed by atoms with Crippen LogP contribution in [0.1, 0.15) is 6.92 Å². The Bertz CT molecular complexity index is 634. The Morgan fingerprint density at radius 3 is 2.52 bits per heavy atom. The number of amides is 1. The highest BCUT2D eigenvalue weighted by Gasteiger charge is 2.46. The quantitative estimate of drug-likeness (QED) is 0.877. The summed E-state index contributed by atoms with van der Waals surface area (Å²) in [6.45, 7) is 1.62. The molecular weight excluding hydrogens is 337 g/mol. The van der Waals surface area contributed by atoms with Crippen molar-refractivity contribution < 1.29 is 31.1 Å². The van der Waals surface area contributed by atoms with Gasteiger partial charge in [0.05, 0.1) is 23.0 Å². The second kappa shape index (κ2) is 6.39. The minimum absolute atomic E-state index is 0.00184. The zero-order valence-electron chi connectivity index (χ0n) is 10.5. The Morgan fingerprint density at radius 2 is 2.00 bits per heavy atom. The molecule has 0 saturated carbocycles. The maximum atomic E-state index is 12.2. The summed E-state index contributed by atoms with van der Waals surface area (Å²) in [4.78, 5) is 11.2. The lowest BCUT2D eigenvalue weighted by Gasteiger charge is -2.12. The van der Waals surface area contributed by atoms with E-state index in [1.54, 1.807) is 6.92 Å². The van der Waals surface area contributed by atoms with Gasteiger partial charge in [0.1, 0.15) is 0 Å². The molecule has 1 aromatic carbocycles. The molecule has 0 bridgehead atoms. The van der Waals surface area contributed by atoms with Crippen LogP contribution in [0.4, 0.5) is 29.3 Å². The third kappa shape index (κ3) is 4.67. The predicted octanol–water partition coefficient (Wildman–Crippen LogP) is 3.17. The van der Waals surface area contributed by atoms with Crippen LogP contribution in [0.2, 0.25) is 5.02 Å². The van der Waals surface area contributed by atoms with E-state index in [1.807, 2.05) is 0 Å². The van der Waals surface area contributed by atoms with Crippen molar-refractivity contribution in [2.75, 3.05) is 16.6 Å². The monoisotopic (exact) mass is 346 g/mol. The number of hydrogen-bond donors (Lipinski definition) is 2. The zero-order chi connectivity index (χ0) is 16.3. The molecule has 0 heterocycles. The highest BCUT2D eigenvalue weighted by molar-refractivity contribution is 7.93. The molecule has 0 saturated heterocycles. The minimum atomic E-state index is -5.56. The maximum Gasteiger partial charge on any atom is 0.516 e. The molecule has 2 N–H and O–H groups in total. The zero-order valence-corrected chi connectivity index (χ0v) is 12.1. The Kier molecular flexibility index (Phi) is 5.29. The summed E-state index contributed by atoms with van der Waals surface area (Å²) in [5, 5.41) is 2.17. The van der Waals surface area contributed by atoms with Gasteiger partial charge in [0, 0.05) is 0 Å². The number of carbonyl (C=O) groups is 1. The van der Waals surface area contributed by atoms with Gasteiger partial charge in [0.2, 0.25) is 0 Å². The molecule has 0 unspecified atom stereocenters. The number of benzene rings is 1. The van der Waals surface area contributed by atoms with Crippen LogP contribution >= 0.6 is 11.6 Å². The first-order valence-corrected chi connectivity index (χ1v) is 7.25. The lowest BCUT2D eigenvalue weighted by Crippen LogP contribution is -2.29. The van der Waals surface area contributed by atoms with Gasteiger partial charge in [-0.15, -0.1) is 0 Å². The predicted molar refractivity (Wildman–Crippen MR) is 70.7 cm³/mol. The Labute approximate surface area is 123 Å². The molecule has 1 amide bonds. The molecule has 0 radical (unpaired) electrons. The van der Waals surface area contributed by atoms with Gasteiger partial charge in [-0.2, -0.15) is 21.6 Å². The number of halogens is 4. The van der Waals surface area contributed by atoms with Crippen molar-refractivity contribution in [2.24, 2.45) is 0 Å². The third-order valence-corrected chi connectivity index (χ3v) is 3.48. The van der Waals surface area contributed by atoms with E-state index in [9.17, 15) is 26.4 Å². The lowest BCUT2D eigenvalue weighted by atomic mass is 10.3. The molecular formula is C10H10ClF3N2O4S. The number of ether oxygens (including phenoxy) is 1. The summed E-state index contributed by atoms with van der Waals surface area (Å²) in [5.41, 5.74) is -5.97. The van der Waals surface area contributed by atoms with Gasteiger partial charge in [0.25, 0.3) is 0 Å². The van der Waals surface area contributed by atoms with Gasteiger partial charge in [-0.05, 0) is 25.1 Å². The molecule has 1 rings (SSSR count). The Balaban J connectivity index is 3.00. The van der Waals surface area contributed by atoms with Crippen LogP contribution in [0.3, 0.4) is 0 Å². The first-order chi connectivity index (χ1) is 9.56. The summed E-state index contributed by atoms with van der Waals surface area (Å²) in [5.74, 6) is 0. The summed E-state index contributed by atoms with van der Waals surface area (Å²) in [6, 6.07) is 3.07. The van der Waals surface area contributed by atoms with E-state index in [-0.39, 0.29) is 17.3 Å². The van der Waals surface area contributed by atoms with E-state index in [0.29, 0.717) is 0 Å². The van der Waals surface area contributed by atoms with Crippen LogP contribution in [0.15, 0.2) is 18.2 Å². The van der Waals surface area contributed by atoms with E-state index >= 15 is 0 Å². The van der Waals surface area contributed by atoms with Gasteiger partial charge < -0.3 is 4.74 Å². The lowest BCUT2D eigenvalue weighted by molar-refractivity contribution is -0.0429. The molecule has 1 aromatic rings. The van der Waals surface area contributed by atoms with E-state index in [0.717, 1.165) is 18.2 Å². The Hall–Kier alpha value is -1.68.